The Kier molecular flexibility index (Phi) is 8.02. The van der Waals surface area contributed by atoms with Crippen LogP contribution in [0.25, 0.3) is 0 Å². The van der Waals surface area contributed by atoms with E-state index in [1.54, 1.807) is 43.4 Å². The van der Waals surface area contributed by atoms with Gasteiger partial charge in [0.15, 0.2) is 0 Å². The van der Waals surface area contributed by atoms with Crippen LogP contribution in [-0.2, 0) is 4.79 Å². The number of rotatable bonds is 8. The molecule has 1 heterocycles. The Morgan fingerprint density at radius 3 is 2.56 bits per heavy atom. The molecule has 0 saturated carbocycles. The summed E-state index contributed by atoms with van der Waals surface area (Å²) in [5.74, 6) is 1.04. The molecule has 32 heavy (non-hydrogen) atoms. The normalized spacial score (nSPS) is 18.0. The number of hydrogen-bond donors (Lipinski definition) is 1. The standard InChI is InChI=1S/C25H31ClN2O4/c1-16(2)10-11-27-24(29)22-15-28(25(30)17-6-5-7-18(26)12-17)14-21(22)20-13-19(31-3)8-9-23(20)32-4/h5-9,12-13,16,21-22H,10-11,14-15H2,1-4H3,(H,27,29)/t21-,22+/m1/s1. The van der Waals surface area contributed by atoms with Crippen LogP contribution >= 0.6 is 11.6 Å². The first kappa shape index (κ1) is 23.9. The minimum Gasteiger partial charge on any atom is -0.497 e. The van der Waals surface area contributed by atoms with Crippen LogP contribution in [0, 0.1) is 11.8 Å². The molecule has 7 heteroatoms. The smallest absolute Gasteiger partial charge is 0.253 e. The van der Waals surface area contributed by atoms with Crippen LogP contribution in [-0.4, -0.2) is 50.6 Å². The van der Waals surface area contributed by atoms with Gasteiger partial charge in [-0.1, -0.05) is 31.5 Å². The summed E-state index contributed by atoms with van der Waals surface area (Å²) in [6.07, 6.45) is 0.900. The first-order valence-corrected chi connectivity index (χ1v) is 11.3. The molecule has 1 aliphatic heterocycles. The summed E-state index contributed by atoms with van der Waals surface area (Å²) in [6, 6.07) is 12.4. The molecule has 2 aromatic rings. The summed E-state index contributed by atoms with van der Waals surface area (Å²) in [6.45, 7) is 5.58. The number of amides is 2. The maximum Gasteiger partial charge on any atom is 0.253 e. The first-order valence-electron chi connectivity index (χ1n) is 10.9. The zero-order valence-corrected chi connectivity index (χ0v) is 19.8. The summed E-state index contributed by atoms with van der Waals surface area (Å²) in [5, 5.41) is 3.56. The van der Waals surface area contributed by atoms with Gasteiger partial charge in [-0.15, -0.1) is 0 Å². The Morgan fingerprint density at radius 2 is 1.91 bits per heavy atom. The van der Waals surface area contributed by atoms with E-state index in [2.05, 4.69) is 19.2 Å². The fraction of sp³-hybridized carbons (Fsp3) is 0.440. The van der Waals surface area contributed by atoms with Crippen molar-refractivity contribution in [2.75, 3.05) is 33.9 Å². The van der Waals surface area contributed by atoms with E-state index in [1.165, 1.54) is 0 Å². The highest BCUT2D eigenvalue weighted by Gasteiger charge is 2.41. The molecule has 2 amide bonds. The second kappa shape index (κ2) is 10.7. The maximum absolute atomic E-state index is 13.2. The lowest BCUT2D eigenvalue weighted by atomic mass is 9.87. The zero-order valence-electron chi connectivity index (χ0n) is 19.1. The van der Waals surface area contributed by atoms with Crippen molar-refractivity contribution in [1.82, 2.24) is 10.2 Å². The predicted octanol–water partition coefficient (Wildman–Crippen LogP) is 4.38. The largest absolute Gasteiger partial charge is 0.497 e. The van der Waals surface area contributed by atoms with Gasteiger partial charge in [0.1, 0.15) is 11.5 Å². The van der Waals surface area contributed by atoms with Gasteiger partial charge in [-0.05, 0) is 48.7 Å². The van der Waals surface area contributed by atoms with E-state index < -0.39 is 5.92 Å². The summed E-state index contributed by atoms with van der Waals surface area (Å²) in [7, 11) is 3.21. The molecule has 2 atom stereocenters. The SMILES string of the molecule is COc1ccc(OC)c([C@H]2CN(C(=O)c3cccc(Cl)c3)C[C@@H]2C(=O)NCCC(C)C)c1. The van der Waals surface area contributed by atoms with Crippen molar-refractivity contribution in [3.63, 3.8) is 0 Å². The van der Waals surface area contributed by atoms with Gasteiger partial charge in [0.05, 0.1) is 20.1 Å². The number of methoxy groups -OCH3 is 2. The number of benzene rings is 2. The van der Waals surface area contributed by atoms with Crippen LogP contribution in [0.2, 0.25) is 5.02 Å². The number of carbonyl (C=O) groups excluding carboxylic acids is 2. The third kappa shape index (κ3) is 5.54. The van der Waals surface area contributed by atoms with Gasteiger partial charge < -0.3 is 19.7 Å². The van der Waals surface area contributed by atoms with Gasteiger partial charge in [0, 0.05) is 41.7 Å². The topological polar surface area (TPSA) is 67.9 Å². The van der Waals surface area contributed by atoms with Crippen LogP contribution in [0.3, 0.4) is 0 Å². The molecule has 0 aromatic heterocycles. The molecule has 1 N–H and O–H groups in total. The van der Waals surface area contributed by atoms with Gasteiger partial charge >= 0.3 is 0 Å². The number of halogens is 1. The summed E-state index contributed by atoms with van der Waals surface area (Å²) < 4.78 is 11.0. The Balaban J connectivity index is 1.91. The van der Waals surface area contributed by atoms with Gasteiger partial charge in [-0.2, -0.15) is 0 Å². The molecule has 0 spiro atoms. The predicted molar refractivity (Wildman–Crippen MR) is 126 cm³/mol. The molecule has 3 rings (SSSR count). The fourth-order valence-corrected chi connectivity index (χ4v) is 4.29. The van der Waals surface area contributed by atoms with Gasteiger partial charge in [-0.3, -0.25) is 9.59 Å². The fourth-order valence-electron chi connectivity index (χ4n) is 4.10. The minimum absolute atomic E-state index is 0.0538. The van der Waals surface area contributed by atoms with Gasteiger partial charge in [0.2, 0.25) is 5.91 Å². The quantitative estimate of drug-likeness (QED) is 0.637. The van der Waals surface area contributed by atoms with Crippen LogP contribution in [0.15, 0.2) is 42.5 Å². The van der Waals surface area contributed by atoms with E-state index in [0.29, 0.717) is 47.6 Å². The maximum atomic E-state index is 13.2. The van der Waals surface area contributed by atoms with E-state index >= 15 is 0 Å². The molecule has 6 nitrogen and oxygen atoms in total. The number of likely N-dealkylation sites (tertiary alicyclic amines) is 1. The van der Waals surface area contributed by atoms with Crippen LogP contribution < -0.4 is 14.8 Å². The molecule has 0 aliphatic carbocycles. The molecule has 172 valence electrons. The lowest BCUT2D eigenvalue weighted by molar-refractivity contribution is -0.124. The molecular formula is C25H31ClN2O4. The second-order valence-corrected chi connectivity index (χ2v) is 8.95. The first-order chi connectivity index (χ1) is 15.3. The molecule has 1 saturated heterocycles. The molecule has 0 radical (unpaired) electrons. The van der Waals surface area contributed by atoms with Crippen molar-refractivity contribution in [3.8, 4) is 11.5 Å². The Bertz CT molecular complexity index is 963. The van der Waals surface area contributed by atoms with Crippen LogP contribution in [0.5, 0.6) is 11.5 Å². The highest BCUT2D eigenvalue weighted by atomic mass is 35.5. The molecule has 0 bridgehead atoms. The summed E-state index contributed by atoms with van der Waals surface area (Å²) in [4.78, 5) is 28.1. The van der Waals surface area contributed by atoms with E-state index in [1.807, 2.05) is 18.2 Å². The highest BCUT2D eigenvalue weighted by Crippen LogP contribution is 2.40. The average Bonchev–Trinajstić information content (AvgIpc) is 3.23. The molecule has 0 unspecified atom stereocenters. The third-order valence-corrected chi connectivity index (χ3v) is 6.11. The molecular weight excluding hydrogens is 428 g/mol. The summed E-state index contributed by atoms with van der Waals surface area (Å²) in [5.41, 5.74) is 1.37. The lowest BCUT2D eigenvalue weighted by Gasteiger charge is -2.21. The number of carbonyl (C=O) groups is 2. The number of nitrogens with one attached hydrogen (secondary N) is 1. The number of nitrogens with zero attached hydrogens (tertiary/aromatic N) is 1. The molecule has 1 fully saturated rings. The van der Waals surface area contributed by atoms with Crippen molar-refractivity contribution in [3.05, 3.63) is 58.6 Å². The number of ether oxygens (including phenoxy) is 2. The van der Waals surface area contributed by atoms with Crippen molar-refractivity contribution in [2.45, 2.75) is 26.2 Å². The van der Waals surface area contributed by atoms with E-state index in [4.69, 9.17) is 21.1 Å². The average molecular weight is 459 g/mol. The van der Waals surface area contributed by atoms with Crippen LogP contribution in [0.4, 0.5) is 0 Å². The van der Waals surface area contributed by atoms with Crippen LogP contribution in [0.1, 0.15) is 42.1 Å². The van der Waals surface area contributed by atoms with E-state index in [-0.39, 0.29) is 17.7 Å². The monoisotopic (exact) mass is 458 g/mol. The number of hydrogen-bond acceptors (Lipinski definition) is 4. The zero-order chi connectivity index (χ0) is 23.3. The Morgan fingerprint density at radius 1 is 1.12 bits per heavy atom. The van der Waals surface area contributed by atoms with Crippen molar-refractivity contribution < 1.29 is 19.1 Å². The highest BCUT2D eigenvalue weighted by molar-refractivity contribution is 6.30. The lowest BCUT2D eigenvalue weighted by Crippen LogP contribution is -2.36. The Labute approximate surface area is 194 Å². The van der Waals surface area contributed by atoms with Gasteiger partial charge in [-0.25, -0.2) is 0 Å². The third-order valence-electron chi connectivity index (χ3n) is 5.87. The van der Waals surface area contributed by atoms with Crippen molar-refractivity contribution >= 4 is 23.4 Å². The molecule has 1 aliphatic rings. The van der Waals surface area contributed by atoms with Crippen molar-refractivity contribution in [1.29, 1.82) is 0 Å². The van der Waals surface area contributed by atoms with Crippen molar-refractivity contribution in [2.24, 2.45) is 11.8 Å². The molecule has 2 aromatic carbocycles. The summed E-state index contributed by atoms with van der Waals surface area (Å²) >= 11 is 6.09. The van der Waals surface area contributed by atoms with E-state index in [9.17, 15) is 9.59 Å². The van der Waals surface area contributed by atoms with E-state index in [0.717, 1.165) is 12.0 Å². The second-order valence-electron chi connectivity index (χ2n) is 8.51. The van der Waals surface area contributed by atoms with Gasteiger partial charge in [0.25, 0.3) is 5.91 Å². The minimum atomic E-state index is -0.397. The Hall–Kier alpha value is -2.73.